The molecule has 2 saturated heterocycles. The number of nitrogens with one attached hydrogen (secondary N) is 1. The number of amides is 1. The lowest BCUT2D eigenvalue weighted by molar-refractivity contribution is -0.0691. The van der Waals surface area contributed by atoms with Gasteiger partial charge in [-0.1, -0.05) is 13.8 Å². The fourth-order valence-electron chi connectivity index (χ4n) is 7.96. The van der Waals surface area contributed by atoms with Gasteiger partial charge in [0.25, 0.3) is 11.5 Å². The van der Waals surface area contributed by atoms with Gasteiger partial charge in [0.15, 0.2) is 0 Å². The van der Waals surface area contributed by atoms with E-state index in [1.165, 1.54) is 15.9 Å². The van der Waals surface area contributed by atoms with Gasteiger partial charge in [0.2, 0.25) is 0 Å². The maximum Gasteiger partial charge on any atom is 0.290 e. The van der Waals surface area contributed by atoms with Gasteiger partial charge >= 0.3 is 0 Å². The van der Waals surface area contributed by atoms with Crippen molar-refractivity contribution in [3.8, 4) is 11.3 Å². The Morgan fingerprint density at radius 3 is 2.59 bits per heavy atom. The molecule has 2 N–H and O–H groups in total. The molecule has 2 fully saturated rings. The van der Waals surface area contributed by atoms with E-state index in [1.807, 2.05) is 24.4 Å². The van der Waals surface area contributed by atoms with E-state index in [1.54, 1.807) is 30.3 Å². The second kappa shape index (κ2) is 12.1. The zero-order chi connectivity index (χ0) is 34.0. The molecule has 4 aromatic heterocycles. The van der Waals surface area contributed by atoms with Crippen LogP contribution >= 0.6 is 0 Å². The molecule has 4 aliphatic rings. The van der Waals surface area contributed by atoms with Crippen LogP contribution in [0.25, 0.3) is 11.3 Å². The number of nitrogens with zero attached hydrogens (tertiary/aromatic N) is 8. The number of carbonyl (C=O) groups is 1. The smallest absolute Gasteiger partial charge is 0.290 e. The quantitative estimate of drug-likeness (QED) is 0.304. The number of pyridine rings is 2. The summed E-state index contributed by atoms with van der Waals surface area (Å²) in [4.78, 5) is 42.8. The van der Waals surface area contributed by atoms with Crippen LogP contribution in [0.15, 0.2) is 47.5 Å². The van der Waals surface area contributed by atoms with E-state index < -0.39 is 0 Å². The van der Waals surface area contributed by atoms with E-state index in [2.05, 4.69) is 55.5 Å². The molecule has 3 aliphatic heterocycles. The Labute approximate surface area is 285 Å². The Morgan fingerprint density at radius 1 is 1.04 bits per heavy atom. The minimum Gasteiger partial charge on any atom is -0.392 e. The van der Waals surface area contributed by atoms with Crippen molar-refractivity contribution in [1.29, 1.82) is 0 Å². The van der Waals surface area contributed by atoms with E-state index in [-0.39, 0.29) is 23.5 Å². The molecule has 4 aromatic rings. The summed E-state index contributed by atoms with van der Waals surface area (Å²) in [7, 11) is 1.59. The zero-order valence-electron chi connectivity index (χ0n) is 28.5. The van der Waals surface area contributed by atoms with Gasteiger partial charge in [0.1, 0.15) is 23.0 Å². The van der Waals surface area contributed by atoms with E-state index in [4.69, 9.17) is 4.74 Å². The topological polar surface area (TPSA) is 134 Å². The molecule has 1 aliphatic carbocycles. The molecular weight excluding hydrogens is 622 g/mol. The molecule has 1 atom stereocenters. The number of aromatic nitrogens is 5. The summed E-state index contributed by atoms with van der Waals surface area (Å²) >= 11 is 0. The molecule has 0 bridgehead atoms. The number of aliphatic hydroxyl groups excluding tert-OH is 1. The predicted molar refractivity (Wildman–Crippen MR) is 186 cm³/mol. The largest absolute Gasteiger partial charge is 0.392 e. The molecule has 0 saturated carbocycles. The summed E-state index contributed by atoms with van der Waals surface area (Å²) in [6.45, 7) is 12.0. The number of hydrogen-bond acceptors (Lipinski definition) is 10. The van der Waals surface area contributed by atoms with Gasteiger partial charge in [-0.3, -0.25) is 19.4 Å². The van der Waals surface area contributed by atoms with E-state index >= 15 is 0 Å². The number of carbonyl (C=O) groups excluding carboxylic acids is 1. The van der Waals surface area contributed by atoms with Crippen LogP contribution in [-0.2, 0) is 37.8 Å². The lowest BCUT2D eigenvalue weighted by Gasteiger charge is -2.46. The van der Waals surface area contributed by atoms with Crippen molar-refractivity contribution in [2.45, 2.75) is 58.8 Å². The molecule has 7 heterocycles. The molecular formula is C36H43N9O4. The maximum atomic E-state index is 13.9. The highest BCUT2D eigenvalue weighted by molar-refractivity contribution is 6.06. The zero-order valence-corrected chi connectivity index (χ0v) is 28.5. The normalized spacial score (nSPS) is 20.7. The highest BCUT2D eigenvalue weighted by Gasteiger charge is 2.38. The van der Waals surface area contributed by atoms with Crippen molar-refractivity contribution in [3.05, 3.63) is 75.6 Å². The average molecular weight is 666 g/mol. The summed E-state index contributed by atoms with van der Waals surface area (Å²) in [5, 5.41) is 18.4. The number of aliphatic hydroxyl groups is 1. The van der Waals surface area contributed by atoms with Gasteiger partial charge in [-0.2, -0.15) is 5.10 Å². The number of aryl methyl sites for hydroxylation is 1. The van der Waals surface area contributed by atoms with Gasteiger partial charge in [-0.25, -0.2) is 14.6 Å². The fraction of sp³-hybridized carbons (Fsp3) is 0.472. The van der Waals surface area contributed by atoms with Gasteiger partial charge in [-0.05, 0) is 61.1 Å². The molecule has 256 valence electrons. The highest BCUT2D eigenvalue weighted by Crippen LogP contribution is 2.40. The van der Waals surface area contributed by atoms with Crippen LogP contribution in [0.4, 0.5) is 23.0 Å². The molecule has 0 radical (unpaired) electrons. The monoisotopic (exact) mass is 665 g/mol. The molecule has 13 heteroatoms. The van der Waals surface area contributed by atoms with Crippen molar-refractivity contribution in [2.75, 3.05) is 54.5 Å². The third-order valence-corrected chi connectivity index (χ3v) is 10.5. The third kappa shape index (κ3) is 5.59. The summed E-state index contributed by atoms with van der Waals surface area (Å²) in [5.41, 5.74) is 5.90. The van der Waals surface area contributed by atoms with Crippen LogP contribution in [0, 0.1) is 5.41 Å². The van der Waals surface area contributed by atoms with Crippen LogP contribution in [0.5, 0.6) is 0 Å². The highest BCUT2D eigenvalue weighted by atomic mass is 16.5. The maximum absolute atomic E-state index is 13.9. The van der Waals surface area contributed by atoms with E-state index in [0.717, 1.165) is 51.4 Å². The summed E-state index contributed by atoms with van der Waals surface area (Å²) in [6, 6.07) is 10.2. The molecule has 8 rings (SSSR count). The SMILES string of the molecule is C[C@H]1CN(C2COC2)CCN1c1ccc(Nc2cc(-c3ccnc(N4CCn5c(cc6c5CC(C)(C)C6)C4=O)c3CO)nn(C)c2=O)nc1. The second-order valence-corrected chi connectivity index (χ2v) is 14.6. The Bertz CT molecular complexity index is 1980. The van der Waals surface area contributed by atoms with Crippen molar-refractivity contribution in [2.24, 2.45) is 12.5 Å². The number of anilines is 4. The average Bonchev–Trinajstić information content (AvgIpc) is 3.55. The summed E-state index contributed by atoms with van der Waals surface area (Å²) in [5.74, 6) is 0.801. The van der Waals surface area contributed by atoms with Gasteiger partial charge in [0.05, 0.1) is 43.4 Å². The minimum atomic E-state index is -0.356. The predicted octanol–water partition coefficient (Wildman–Crippen LogP) is 2.97. The molecule has 0 aromatic carbocycles. The first-order chi connectivity index (χ1) is 23.6. The lowest BCUT2D eigenvalue weighted by Crippen LogP contribution is -2.59. The summed E-state index contributed by atoms with van der Waals surface area (Å²) in [6.07, 6.45) is 5.36. The van der Waals surface area contributed by atoms with Crippen LogP contribution in [0.3, 0.4) is 0 Å². The first kappa shape index (κ1) is 31.7. The lowest BCUT2D eigenvalue weighted by atomic mass is 9.90. The van der Waals surface area contributed by atoms with Gasteiger partial charge in [-0.15, -0.1) is 0 Å². The Hall–Kier alpha value is -4.59. The van der Waals surface area contributed by atoms with Gasteiger partial charge < -0.3 is 24.6 Å². The number of fused-ring (bicyclic) bond motifs is 3. The minimum absolute atomic E-state index is 0.132. The summed E-state index contributed by atoms with van der Waals surface area (Å²) < 4.78 is 8.81. The fourth-order valence-corrected chi connectivity index (χ4v) is 7.96. The standard InChI is InChI=1S/C36H43N9O4/c1-22-18-42(25-20-49-21-25)9-10-43(22)24-5-6-32(38-17-24)39-29-14-28(40-41(4)34(29)47)26-7-8-37-33(27(26)19-46)45-12-11-44-30(35(45)48)13-23-15-36(2,3)16-31(23)44/h5-8,13-14,17,22,25,46H,9-12,15-16,18-21H2,1-4H3,(H,38,39)/t22-/m0/s1. The van der Waals surface area contributed by atoms with Crippen molar-refractivity contribution >= 4 is 28.9 Å². The van der Waals surface area contributed by atoms with E-state index in [9.17, 15) is 14.7 Å². The van der Waals surface area contributed by atoms with Crippen LogP contribution in [0.1, 0.15) is 48.1 Å². The molecule has 13 nitrogen and oxygen atoms in total. The van der Waals surface area contributed by atoms with Crippen molar-refractivity contribution in [1.82, 2.24) is 29.2 Å². The van der Waals surface area contributed by atoms with Gasteiger partial charge in [0, 0.05) is 68.8 Å². The van der Waals surface area contributed by atoms with Crippen LogP contribution in [-0.4, -0.2) is 91.7 Å². The first-order valence-electron chi connectivity index (χ1n) is 17.1. The molecule has 0 spiro atoms. The molecule has 1 amide bonds. The van der Waals surface area contributed by atoms with Crippen molar-refractivity contribution in [3.63, 3.8) is 0 Å². The van der Waals surface area contributed by atoms with Crippen LogP contribution < -0.4 is 20.7 Å². The Balaban J connectivity index is 1.04. The number of ether oxygens (including phenoxy) is 1. The molecule has 49 heavy (non-hydrogen) atoms. The molecule has 0 unspecified atom stereocenters. The Morgan fingerprint density at radius 2 is 1.88 bits per heavy atom. The van der Waals surface area contributed by atoms with E-state index in [0.29, 0.717) is 65.0 Å². The Kier molecular flexibility index (Phi) is 7.80. The second-order valence-electron chi connectivity index (χ2n) is 14.6. The number of rotatable bonds is 7. The number of hydrogen-bond donors (Lipinski definition) is 2. The third-order valence-electron chi connectivity index (χ3n) is 10.5. The van der Waals surface area contributed by atoms with Crippen molar-refractivity contribution < 1.29 is 14.6 Å². The first-order valence-corrected chi connectivity index (χ1v) is 17.1. The number of piperazine rings is 1. The van der Waals surface area contributed by atoms with Crippen LogP contribution in [0.2, 0.25) is 0 Å².